The van der Waals surface area contributed by atoms with Gasteiger partial charge in [0.15, 0.2) is 17.3 Å². The molecule has 6 rings (SSSR count). The van der Waals surface area contributed by atoms with Gasteiger partial charge < -0.3 is 13.9 Å². The summed E-state index contributed by atoms with van der Waals surface area (Å²) >= 11 is 0. The number of ketones is 1. The number of fused-ring (bicyclic) bond motifs is 4. The largest absolute Gasteiger partial charge is 0.490 e. The number of H-pyrrole nitrogens is 1. The Hall–Kier alpha value is -4.14. The molecule has 3 aromatic heterocycles. The SMILES string of the molecule is O=C1CC(c2ccco2)Cc2c1cnc1c2c(=O)[nH]c(=O)n1Cc1ccc2c(c1)OCCCO2. The molecule has 1 N–H and O–H groups in total. The molecule has 0 spiro atoms. The van der Waals surface area contributed by atoms with E-state index in [0.29, 0.717) is 48.0 Å². The Morgan fingerprint density at radius 3 is 2.74 bits per heavy atom. The summed E-state index contributed by atoms with van der Waals surface area (Å²) in [5.74, 6) is 1.70. The second kappa shape index (κ2) is 8.02. The Labute approximate surface area is 193 Å². The van der Waals surface area contributed by atoms with Gasteiger partial charge in [0, 0.05) is 30.5 Å². The van der Waals surface area contributed by atoms with Crippen molar-refractivity contribution < 1.29 is 18.7 Å². The Balaban J connectivity index is 1.46. The number of nitrogens with one attached hydrogen (secondary N) is 1. The smallest absolute Gasteiger partial charge is 0.330 e. The first kappa shape index (κ1) is 20.5. The zero-order valence-corrected chi connectivity index (χ0v) is 18.2. The number of aromatic amines is 1. The summed E-state index contributed by atoms with van der Waals surface area (Å²) in [5, 5.41) is 0.260. The van der Waals surface area contributed by atoms with Crippen molar-refractivity contribution in [3.8, 4) is 11.5 Å². The molecular weight excluding hydrogens is 438 g/mol. The number of rotatable bonds is 3. The van der Waals surface area contributed by atoms with Crippen LogP contribution < -0.4 is 20.7 Å². The van der Waals surface area contributed by atoms with Crippen molar-refractivity contribution in [3.63, 3.8) is 0 Å². The third-order valence-corrected chi connectivity index (χ3v) is 6.40. The second-order valence-corrected chi connectivity index (χ2v) is 8.57. The Morgan fingerprint density at radius 1 is 1.06 bits per heavy atom. The van der Waals surface area contributed by atoms with Gasteiger partial charge in [0.2, 0.25) is 0 Å². The molecule has 34 heavy (non-hydrogen) atoms. The first-order valence-electron chi connectivity index (χ1n) is 11.2. The van der Waals surface area contributed by atoms with Crippen LogP contribution in [0.1, 0.15) is 46.0 Å². The van der Waals surface area contributed by atoms with E-state index < -0.39 is 11.2 Å². The molecule has 172 valence electrons. The van der Waals surface area contributed by atoms with Gasteiger partial charge >= 0.3 is 5.69 Å². The van der Waals surface area contributed by atoms with Crippen LogP contribution in [0, 0.1) is 0 Å². The number of hydrogen-bond acceptors (Lipinski definition) is 7. The predicted molar refractivity (Wildman–Crippen MR) is 122 cm³/mol. The second-order valence-electron chi connectivity index (χ2n) is 8.57. The Kier molecular flexibility index (Phi) is 4.83. The van der Waals surface area contributed by atoms with Crippen molar-refractivity contribution in [2.45, 2.75) is 31.7 Å². The molecule has 9 heteroatoms. The van der Waals surface area contributed by atoms with Gasteiger partial charge in [-0.1, -0.05) is 6.07 Å². The van der Waals surface area contributed by atoms with E-state index in [1.165, 1.54) is 10.8 Å². The van der Waals surface area contributed by atoms with Gasteiger partial charge in [-0.15, -0.1) is 0 Å². The molecule has 0 amide bonds. The van der Waals surface area contributed by atoms with Gasteiger partial charge in [-0.05, 0) is 41.8 Å². The number of nitrogens with zero attached hydrogens (tertiary/aromatic N) is 2. The monoisotopic (exact) mass is 459 g/mol. The summed E-state index contributed by atoms with van der Waals surface area (Å²) in [6, 6.07) is 9.11. The van der Waals surface area contributed by atoms with Crippen LogP contribution >= 0.6 is 0 Å². The molecular formula is C25H21N3O6. The van der Waals surface area contributed by atoms with Crippen LogP contribution in [0.3, 0.4) is 0 Å². The molecule has 4 heterocycles. The summed E-state index contributed by atoms with van der Waals surface area (Å²) in [5.41, 5.74) is 0.933. The molecule has 0 saturated heterocycles. The maximum atomic E-state index is 12.9. The van der Waals surface area contributed by atoms with Crippen LogP contribution in [-0.4, -0.2) is 33.5 Å². The van der Waals surface area contributed by atoms with Crippen LogP contribution in [0.15, 0.2) is 56.8 Å². The van der Waals surface area contributed by atoms with E-state index in [0.717, 1.165) is 12.0 Å². The summed E-state index contributed by atoms with van der Waals surface area (Å²) in [6.07, 6.45) is 4.56. The highest BCUT2D eigenvalue weighted by Crippen LogP contribution is 2.35. The zero-order valence-electron chi connectivity index (χ0n) is 18.2. The van der Waals surface area contributed by atoms with E-state index in [2.05, 4.69) is 9.97 Å². The van der Waals surface area contributed by atoms with Gasteiger partial charge in [0.25, 0.3) is 5.56 Å². The molecule has 0 saturated carbocycles. The van der Waals surface area contributed by atoms with Crippen molar-refractivity contribution in [2.24, 2.45) is 0 Å². The number of carbonyl (C=O) groups is 1. The topological polar surface area (TPSA) is 116 Å². The van der Waals surface area contributed by atoms with E-state index in [1.54, 1.807) is 12.3 Å². The molecule has 1 aliphatic carbocycles. The highest BCUT2D eigenvalue weighted by Gasteiger charge is 2.31. The van der Waals surface area contributed by atoms with Gasteiger partial charge in [0.1, 0.15) is 11.4 Å². The van der Waals surface area contributed by atoms with E-state index in [1.807, 2.05) is 24.3 Å². The van der Waals surface area contributed by atoms with Crippen LogP contribution in [0.5, 0.6) is 11.5 Å². The predicted octanol–water partition coefficient (Wildman–Crippen LogP) is 2.80. The number of aromatic nitrogens is 3. The van der Waals surface area contributed by atoms with E-state index in [9.17, 15) is 14.4 Å². The molecule has 4 aromatic rings. The molecule has 1 aliphatic heterocycles. The minimum atomic E-state index is -0.568. The van der Waals surface area contributed by atoms with Gasteiger partial charge in [-0.2, -0.15) is 0 Å². The molecule has 0 bridgehead atoms. The highest BCUT2D eigenvalue weighted by molar-refractivity contribution is 6.02. The standard InChI is InChI=1S/C25H21N3O6/c29-18-11-15(19-3-1-6-32-19)10-16-17(18)12-26-23-22(16)24(30)27-25(31)28(23)13-14-4-5-20-21(9-14)34-8-2-7-33-20/h1,3-6,9,12,15H,2,7-8,10-11,13H2,(H,27,30,31). The first-order chi connectivity index (χ1) is 16.6. The number of carbonyl (C=O) groups excluding carboxylic acids is 1. The van der Waals surface area contributed by atoms with Crippen molar-refractivity contribution >= 4 is 16.8 Å². The highest BCUT2D eigenvalue weighted by atomic mass is 16.5. The molecule has 0 fully saturated rings. The normalized spacial score (nSPS) is 17.4. The minimum Gasteiger partial charge on any atom is -0.490 e. The number of Topliss-reactive ketones (excluding diaryl/α,β-unsaturated/α-hetero) is 1. The molecule has 9 nitrogen and oxygen atoms in total. The lowest BCUT2D eigenvalue weighted by molar-refractivity contribution is 0.0960. The Bertz CT molecular complexity index is 1530. The summed E-state index contributed by atoms with van der Waals surface area (Å²) in [4.78, 5) is 45.4. The lowest BCUT2D eigenvalue weighted by Gasteiger charge is -2.23. The van der Waals surface area contributed by atoms with Crippen molar-refractivity contribution in [1.29, 1.82) is 0 Å². The third kappa shape index (κ3) is 3.40. The van der Waals surface area contributed by atoms with Gasteiger partial charge in [0.05, 0.1) is 31.4 Å². The Morgan fingerprint density at radius 2 is 1.91 bits per heavy atom. The molecule has 1 aromatic carbocycles. The lowest BCUT2D eigenvalue weighted by atomic mass is 9.81. The third-order valence-electron chi connectivity index (χ3n) is 6.40. The van der Waals surface area contributed by atoms with E-state index in [-0.39, 0.29) is 35.7 Å². The fourth-order valence-electron chi connectivity index (χ4n) is 4.77. The average Bonchev–Trinajstić information content (AvgIpc) is 3.27. The van der Waals surface area contributed by atoms with Crippen molar-refractivity contribution in [1.82, 2.24) is 14.5 Å². The van der Waals surface area contributed by atoms with Crippen LogP contribution in [0.25, 0.3) is 11.0 Å². The van der Waals surface area contributed by atoms with Crippen molar-refractivity contribution in [3.05, 3.63) is 86.1 Å². The van der Waals surface area contributed by atoms with E-state index in [4.69, 9.17) is 13.9 Å². The summed E-state index contributed by atoms with van der Waals surface area (Å²) in [7, 11) is 0. The maximum absolute atomic E-state index is 12.9. The average molecular weight is 459 g/mol. The number of furan rings is 1. The lowest BCUT2D eigenvalue weighted by Crippen LogP contribution is -2.33. The minimum absolute atomic E-state index is 0.0999. The number of hydrogen-bond donors (Lipinski definition) is 1. The van der Waals surface area contributed by atoms with Gasteiger partial charge in [-0.25, -0.2) is 9.78 Å². The summed E-state index contributed by atoms with van der Waals surface area (Å²) < 4.78 is 18.4. The molecule has 2 aliphatic rings. The van der Waals surface area contributed by atoms with Crippen molar-refractivity contribution in [2.75, 3.05) is 13.2 Å². The van der Waals surface area contributed by atoms with E-state index >= 15 is 0 Å². The van der Waals surface area contributed by atoms with Gasteiger partial charge in [-0.3, -0.25) is 19.1 Å². The quantitative estimate of drug-likeness (QED) is 0.501. The van der Waals surface area contributed by atoms with Crippen LogP contribution in [0.2, 0.25) is 0 Å². The fourth-order valence-corrected chi connectivity index (χ4v) is 4.77. The number of benzene rings is 1. The zero-order chi connectivity index (χ0) is 23.2. The number of ether oxygens (including phenoxy) is 2. The molecule has 0 radical (unpaired) electrons. The van der Waals surface area contributed by atoms with Crippen LogP contribution in [-0.2, 0) is 13.0 Å². The maximum Gasteiger partial charge on any atom is 0.330 e. The van der Waals surface area contributed by atoms with Crippen LogP contribution in [0.4, 0.5) is 0 Å². The molecule has 1 atom stereocenters. The number of pyridine rings is 1. The first-order valence-corrected chi connectivity index (χ1v) is 11.2. The molecule has 1 unspecified atom stereocenters. The summed E-state index contributed by atoms with van der Waals surface area (Å²) in [6.45, 7) is 1.31. The fraction of sp³-hybridized carbons (Fsp3) is 0.280.